The van der Waals surface area contributed by atoms with Gasteiger partial charge < -0.3 is 5.32 Å². The van der Waals surface area contributed by atoms with Crippen LogP contribution in [0.1, 0.15) is 54.9 Å². The van der Waals surface area contributed by atoms with Crippen LogP contribution in [0.25, 0.3) is 0 Å². The van der Waals surface area contributed by atoms with Crippen LogP contribution in [0, 0.1) is 5.92 Å². The van der Waals surface area contributed by atoms with Crippen molar-refractivity contribution in [2.75, 3.05) is 13.1 Å². The predicted molar refractivity (Wildman–Crippen MR) is 96.7 cm³/mol. The van der Waals surface area contributed by atoms with Gasteiger partial charge in [0.15, 0.2) is 0 Å². The van der Waals surface area contributed by atoms with Crippen LogP contribution in [0.2, 0.25) is 0 Å². The van der Waals surface area contributed by atoms with Gasteiger partial charge in [0.2, 0.25) is 0 Å². The lowest BCUT2D eigenvalue weighted by Crippen LogP contribution is -2.26. The van der Waals surface area contributed by atoms with E-state index >= 15 is 0 Å². The highest BCUT2D eigenvalue weighted by molar-refractivity contribution is 7.10. The molecule has 0 radical (unpaired) electrons. The molecular formula is C20H27NS. The zero-order valence-corrected chi connectivity index (χ0v) is 14.2. The summed E-state index contributed by atoms with van der Waals surface area (Å²) in [5.41, 5.74) is 1.45. The van der Waals surface area contributed by atoms with Gasteiger partial charge in [-0.05, 0) is 55.3 Å². The molecule has 1 unspecified atom stereocenters. The monoisotopic (exact) mass is 313 g/mol. The highest BCUT2D eigenvalue weighted by atomic mass is 32.1. The van der Waals surface area contributed by atoms with Gasteiger partial charge in [0.1, 0.15) is 0 Å². The van der Waals surface area contributed by atoms with Gasteiger partial charge in [0, 0.05) is 10.8 Å². The van der Waals surface area contributed by atoms with Gasteiger partial charge in [-0.3, -0.25) is 0 Å². The van der Waals surface area contributed by atoms with E-state index in [0.717, 1.165) is 12.5 Å². The lowest BCUT2D eigenvalue weighted by atomic mass is 9.89. The molecule has 0 spiro atoms. The Labute approximate surface area is 138 Å². The molecule has 0 bridgehead atoms. The average Bonchev–Trinajstić information content (AvgIpc) is 3.11. The number of benzene rings is 1. The van der Waals surface area contributed by atoms with E-state index in [1.54, 1.807) is 0 Å². The van der Waals surface area contributed by atoms with Crippen LogP contribution < -0.4 is 5.32 Å². The topological polar surface area (TPSA) is 12.0 Å². The van der Waals surface area contributed by atoms with Gasteiger partial charge in [-0.1, -0.05) is 55.7 Å². The quantitative estimate of drug-likeness (QED) is 0.671. The summed E-state index contributed by atoms with van der Waals surface area (Å²) in [5, 5.41) is 5.92. The van der Waals surface area contributed by atoms with Crippen LogP contribution >= 0.6 is 11.3 Å². The normalized spacial score (nSPS) is 17.5. The Hall–Kier alpha value is -1.12. The molecule has 118 valence electrons. The molecule has 2 heteroatoms. The molecule has 1 nitrogen and oxygen atoms in total. The van der Waals surface area contributed by atoms with Crippen molar-refractivity contribution >= 4 is 11.3 Å². The summed E-state index contributed by atoms with van der Waals surface area (Å²) in [6.07, 6.45) is 8.38. The number of nitrogens with one attached hydrogen (secondary N) is 1. The van der Waals surface area contributed by atoms with Gasteiger partial charge in [-0.2, -0.15) is 0 Å². The second kappa shape index (κ2) is 8.50. The van der Waals surface area contributed by atoms with E-state index in [2.05, 4.69) is 53.2 Å². The highest BCUT2D eigenvalue weighted by Crippen LogP contribution is 2.31. The Kier molecular flexibility index (Phi) is 6.09. The summed E-state index contributed by atoms with van der Waals surface area (Å²) >= 11 is 1.88. The van der Waals surface area contributed by atoms with Crippen LogP contribution in [-0.4, -0.2) is 13.1 Å². The van der Waals surface area contributed by atoms with Gasteiger partial charge in [-0.15, -0.1) is 11.3 Å². The molecule has 0 saturated heterocycles. The summed E-state index contributed by atoms with van der Waals surface area (Å²) in [5.74, 6) is 1.46. The standard InChI is InChI=1S/C20H27NS/c1-3-8-17(9-4-1)16-21-14-13-19(20-12-7-15-22-20)18-10-5-2-6-11-18/h2,5-7,10-12,15,17,19,21H,1,3-4,8-9,13-14,16H2. The van der Waals surface area contributed by atoms with Gasteiger partial charge in [-0.25, -0.2) is 0 Å². The molecule has 1 fully saturated rings. The molecule has 0 amide bonds. The highest BCUT2D eigenvalue weighted by Gasteiger charge is 2.16. The van der Waals surface area contributed by atoms with E-state index in [-0.39, 0.29) is 0 Å². The largest absolute Gasteiger partial charge is 0.316 e. The number of hydrogen-bond donors (Lipinski definition) is 1. The van der Waals surface area contributed by atoms with Crippen molar-refractivity contribution in [2.45, 2.75) is 44.4 Å². The van der Waals surface area contributed by atoms with Gasteiger partial charge in [0.05, 0.1) is 0 Å². The van der Waals surface area contributed by atoms with Gasteiger partial charge in [0.25, 0.3) is 0 Å². The Morgan fingerprint density at radius 1 is 1.00 bits per heavy atom. The minimum atomic E-state index is 0.542. The molecule has 1 heterocycles. The summed E-state index contributed by atoms with van der Waals surface area (Å²) < 4.78 is 0. The maximum atomic E-state index is 3.72. The Balaban J connectivity index is 1.52. The average molecular weight is 314 g/mol. The molecule has 0 aliphatic heterocycles. The molecule has 1 aliphatic carbocycles. The fraction of sp³-hybridized carbons (Fsp3) is 0.500. The van der Waals surface area contributed by atoms with E-state index in [9.17, 15) is 0 Å². The van der Waals surface area contributed by atoms with Crippen molar-refractivity contribution in [2.24, 2.45) is 5.92 Å². The SMILES string of the molecule is c1ccc(C(CCNCC2CCCCC2)c2cccs2)cc1. The first-order valence-electron chi connectivity index (χ1n) is 8.72. The summed E-state index contributed by atoms with van der Waals surface area (Å²) in [6, 6.07) is 15.4. The van der Waals surface area contributed by atoms with E-state index < -0.39 is 0 Å². The van der Waals surface area contributed by atoms with E-state index in [0.29, 0.717) is 5.92 Å². The van der Waals surface area contributed by atoms with Crippen LogP contribution in [0.3, 0.4) is 0 Å². The molecule has 1 aromatic carbocycles. The summed E-state index contributed by atoms with van der Waals surface area (Å²) in [6.45, 7) is 2.33. The molecule has 1 aliphatic rings. The fourth-order valence-electron chi connectivity index (χ4n) is 3.59. The molecule has 1 N–H and O–H groups in total. The van der Waals surface area contributed by atoms with Crippen LogP contribution in [0.4, 0.5) is 0 Å². The first-order chi connectivity index (χ1) is 10.9. The second-order valence-electron chi connectivity index (χ2n) is 6.48. The minimum absolute atomic E-state index is 0.542. The van der Waals surface area contributed by atoms with Crippen molar-refractivity contribution in [3.63, 3.8) is 0 Å². The number of rotatable bonds is 7. The Morgan fingerprint density at radius 2 is 1.82 bits per heavy atom. The van der Waals surface area contributed by atoms with Crippen molar-refractivity contribution in [3.05, 3.63) is 58.3 Å². The second-order valence-corrected chi connectivity index (χ2v) is 7.45. The Bertz CT molecular complexity index is 514. The lowest BCUT2D eigenvalue weighted by Gasteiger charge is -2.22. The van der Waals surface area contributed by atoms with Crippen molar-refractivity contribution < 1.29 is 0 Å². The first-order valence-corrected chi connectivity index (χ1v) is 9.60. The Morgan fingerprint density at radius 3 is 2.55 bits per heavy atom. The zero-order valence-electron chi connectivity index (χ0n) is 13.3. The lowest BCUT2D eigenvalue weighted by molar-refractivity contribution is 0.341. The molecule has 1 saturated carbocycles. The van der Waals surface area contributed by atoms with Crippen molar-refractivity contribution in [1.82, 2.24) is 5.32 Å². The minimum Gasteiger partial charge on any atom is -0.316 e. The van der Waals surface area contributed by atoms with E-state index in [1.807, 2.05) is 11.3 Å². The van der Waals surface area contributed by atoms with E-state index in [4.69, 9.17) is 0 Å². The van der Waals surface area contributed by atoms with Crippen LogP contribution in [0.15, 0.2) is 47.8 Å². The zero-order chi connectivity index (χ0) is 15.0. The molecule has 1 aromatic heterocycles. The fourth-order valence-corrected chi connectivity index (χ4v) is 4.48. The molecule has 2 aromatic rings. The third-order valence-corrected chi connectivity index (χ3v) is 5.84. The molecule has 3 rings (SSSR count). The van der Waals surface area contributed by atoms with Crippen molar-refractivity contribution in [1.29, 1.82) is 0 Å². The van der Waals surface area contributed by atoms with Crippen molar-refractivity contribution in [3.8, 4) is 0 Å². The van der Waals surface area contributed by atoms with Crippen LogP contribution in [-0.2, 0) is 0 Å². The summed E-state index contributed by atoms with van der Waals surface area (Å²) in [4.78, 5) is 1.49. The van der Waals surface area contributed by atoms with Crippen LogP contribution in [0.5, 0.6) is 0 Å². The molecule has 22 heavy (non-hydrogen) atoms. The number of hydrogen-bond acceptors (Lipinski definition) is 2. The molecular weight excluding hydrogens is 286 g/mol. The maximum Gasteiger partial charge on any atom is 0.0196 e. The predicted octanol–water partition coefficient (Wildman–Crippen LogP) is 5.44. The summed E-state index contributed by atoms with van der Waals surface area (Å²) in [7, 11) is 0. The smallest absolute Gasteiger partial charge is 0.0196 e. The molecule has 1 atom stereocenters. The first kappa shape index (κ1) is 15.8. The van der Waals surface area contributed by atoms with E-state index in [1.165, 1.54) is 55.5 Å². The third-order valence-electron chi connectivity index (χ3n) is 4.86. The third kappa shape index (κ3) is 4.44. The maximum absolute atomic E-state index is 3.72. The van der Waals surface area contributed by atoms with Gasteiger partial charge >= 0.3 is 0 Å². The number of thiophene rings is 1.